The Balaban J connectivity index is 2.46. The summed E-state index contributed by atoms with van der Waals surface area (Å²) in [6.07, 6.45) is 1.17. The summed E-state index contributed by atoms with van der Waals surface area (Å²) >= 11 is 0. The van der Waals surface area contributed by atoms with Gasteiger partial charge in [-0.2, -0.15) is 0 Å². The largest absolute Gasteiger partial charge is 0.299 e. The zero-order valence-electron chi connectivity index (χ0n) is 7.92. The number of rotatable bonds is 3. The van der Waals surface area contributed by atoms with E-state index < -0.39 is 0 Å². The molecule has 0 radical (unpaired) electrons. The van der Waals surface area contributed by atoms with Crippen LogP contribution in [0.3, 0.4) is 0 Å². The molecule has 64 valence electrons. The summed E-state index contributed by atoms with van der Waals surface area (Å²) in [6, 6.07) is 0. The van der Waals surface area contributed by atoms with Crippen LogP contribution in [-0.2, 0) is 4.79 Å². The van der Waals surface area contributed by atoms with Gasteiger partial charge >= 0.3 is 0 Å². The highest BCUT2D eigenvalue weighted by atomic mass is 16.1. The predicted molar refractivity (Wildman–Crippen MR) is 46.3 cm³/mol. The fourth-order valence-corrected chi connectivity index (χ4v) is 2.03. The number of ketones is 1. The van der Waals surface area contributed by atoms with Crippen molar-refractivity contribution in [2.45, 2.75) is 34.1 Å². The van der Waals surface area contributed by atoms with Crippen LogP contribution in [0.2, 0.25) is 0 Å². The van der Waals surface area contributed by atoms with Gasteiger partial charge in [0.2, 0.25) is 0 Å². The third-order valence-corrected chi connectivity index (χ3v) is 2.93. The number of hydrogen-bond acceptors (Lipinski definition) is 1. The summed E-state index contributed by atoms with van der Waals surface area (Å²) in [5, 5.41) is 0. The van der Waals surface area contributed by atoms with Crippen LogP contribution in [-0.4, -0.2) is 5.78 Å². The molecule has 0 spiro atoms. The van der Waals surface area contributed by atoms with E-state index in [2.05, 4.69) is 13.8 Å². The average Bonchev–Trinajstić information content (AvgIpc) is 2.59. The lowest BCUT2D eigenvalue weighted by molar-refractivity contribution is -0.123. The van der Waals surface area contributed by atoms with Crippen LogP contribution >= 0.6 is 0 Å². The monoisotopic (exact) mass is 154 g/mol. The molecule has 1 aliphatic carbocycles. The standard InChI is InChI=1S/C10H18O/c1-5-8-7(4)9(8)10(11)6(2)3/h6-9H,5H2,1-4H3. The van der Waals surface area contributed by atoms with Gasteiger partial charge in [0.25, 0.3) is 0 Å². The lowest BCUT2D eigenvalue weighted by Crippen LogP contribution is -2.10. The molecule has 1 heteroatoms. The Morgan fingerprint density at radius 1 is 1.45 bits per heavy atom. The molecule has 0 aromatic rings. The third kappa shape index (κ3) is 1.47. The van der Waals surface area contributed by atoms with E-state index >= 15 is 0 Å². The molecular formula is C10H18O. The van der Waals surface area contributed by atoms with Crippen LogP contribution in [0.4, 0.5) is 0 Å². The second-order valence-electron chi connectivity index (χ2n) is 4.01. The first-order valence-corrected chi connectivity index (χ1v) is 4.63. The first kappa shape index (κ1) is 8.76. The fraction of sp³-hybridized carbons (Fsp3) is 0.900. The number of carbonyl (C=O) groups is 1. The van der Waals surface area contributed by atoms with Crippen molar-refractivity contribution in [3.05, 3.63) is 0 Å². The van der Waals surface area contributed by atoms with Crippen molar-refractivity contribution in [3.63, 3.8) is 0 Å². The molecule has 3 atom stereocenters. The second kappa shape index (κ2) is 2.96. The number of Topliss-reactive ketones (excluding diaryl/α,β-unsaturated/α-hetero) is 1. The van der Waals surface area contributed by atoms with E-state index in [4.69, 9.17) is 0 Å². The molecule has 3 unspecified atom stereocenters. The Morgan fingerprint density at radius 2 is 2.00 bits per heavy atom. The minimum absolute atomic E-state index is 0.235. The molecule has 1 saturated carbocycles. The van der Waals surface area contributed by atoms with Crippen molar-refractivity contribution in [2.75, 3.05) is 0 Å². The summed E-state index contributed by atoms with van der Waals surface area (Å²) < 4.78 is 0. The van der Waals surface area contributed by atoms with Gasteiger partial charge < -0.3 is 0 Å². The van der Waals surface area contributed by atoms with Crippen LogP contribution in [0, 0.1) is 23.7 Å². The Bertz CT molecular complexity index is 160. The molecule has 0 saturated heterocycles. The Labute approximate surface area is 69.2 Å². The summed E-state index contributed by atoms with van der Waals surface area (Å²) in [5.74, 6) is 2.48. The van der Waals surface area contributed by atoms with E-state index in [0.29, 0.717) is 23.5 Å². The van der Waals surface area contributed by atoms with Crippen molar-refractivity contribution in [1.29, 1.82) is 0 Å². The fourth-order valence-electron chi connectivity index (χ4n) is 2.03. The van der Waals surface area contributed by atoms with Gasteiger partial charge in [-0.05, 0) is 11.8 Å². The molecule has 1 nitrogen and oxygen atoms in total. The first-order chi connectivity index (χ1) is 5.09. The molecule has 0 amide bonds. The van der Waals surface area contributed by atoms with Crippen LogP contribution in [0.15, 0.2) is 0 Å². The predicted octanol–water partition coefficient (Wildman–Crippen LogP) is 2.50. The Morgan fingerprint density at radius 3 is 2.27 bits per heavy atom. The molecule has 0 heterocycles. The maximum Gasteiger partial charge on any atom is 0.139 e. The van der Waals surface area contributed by atoms with Crippen molar-refractivity contribution < 1.29 is 4.79 Å². The van der Waals surface area contributed by atoms with E-state index in [1.807, 2.05) is 13.8 Å². The van der Waals surface area contributed by atoms with E-state index in [0.717, 1.165) is 0 Å². The zero-order valence-corrected chi connectivity index (χ0v) is 7.92. The molecule has 1 aliphatic rings. The molecule has 1 rings (SSSR count). The van der Waals surface area contributed by atoms with Crippen LogP contribution < -0.4 is 0 Å². The quantitative estimate of drug-likeness (QED) is 0.610. The highest BCUT2D eigenvalue weighted by Gasteiger charge is 2.49. The van der Waals surface area contributed by atoms with Crippen molar-refractivity contribution >= 4 is 5.78 Å². The van der Waals surface area contributed by atoms with E-state index in [1.165, 1.54) is 6.42 Å². The Hall–Kier alpha value is -0.330. The van der Waals surface area contributed by atoms with Crippen molar-refractivity contribution in [1.82, 2.24) is 0 Å². The topological polar surface area (TPSA) is 17.1 Å². The lowest BCUT2D eigenvalue weighted by atomic mass is 10.0. The first-order valence-electron chi connectivity index (χ1n) is 4.63. The maximum absolute atomic E-state index is 11.5. The number of carbonyl (C=O) groups excluding carboxylic acids is 1. The molecule has 0 aromatic carbocycles. The molecule has 11 heavy (non-hydrogen) atoms. The van der Waals surface area contributed by atoms with Gasteiger partial charge in [-0.15, -0.1) is 0 Å². The molecule has 1 fully saturated rings. The smallest absolute Gasteiger partial charge is 0.139 e. The highest BCUT2D eigenvalue weighted by Crippen LogP contribution is 2.49. The highest BCUT2D eigenvalue weighted by molar-refractivity contribution is 5.85. The van der Waals surface area contributed by atoms with Gasteiger partial charge in [0.15, 0.2) is 0 Å². The van der Waals surface area contributed by atoms with E-state index in [1.54, 1.807) is 0 Å². The van der Waals surface area contributed by atoms with Crippen LogP contribution in [0.1, 0.15) is 34.1 Å². The van der Waals surface area contributed by atoms with Gasteiger partial charge in [-0.25, -0.2) is 0 Å². The van der Waals surface area contributed by atoms with E-state index in [-0.39, 0.29) is 5.92 Å². The summed E-state index contributed by atoms with van der Waals surface area (Å²) in [6.45, 7) is 8.37. The summed E-state index contributed by atoms with van der Waals surface area (Å²) in [7, 11) is 0. The van der Waals surface area contributed by atoms with Gasteiger partial charge in [0.1, 0.15) is 5.78 Å². The van der Waals surface area contributed by atoms with Crippen LogP contribution in [0.25, 0.3) is 0 Å². The Kier molecular flexibility index (Phi) is 2.36. The van der Waals surface area contributed by atoms with Crippen molar-refractivity contribution in [2.24, 2.45) is 23.7 Å². The zero-order chi connectivity index (χ0) is 8.59. The summed E-state index contributed by atoms with van der Waals surface area (Å²) in [4.78, 5) is 11.5. The maximum atomic E-state index is 11.5. The molecule has 0 bridgehead atoms. The van der Waals surface area contributed by atoms with Crippen molar-refractivity contribution in [3.8, 4) is 0 Å². The summed E-state index contributed by atoms with van der Waals surface area (Å²) in [5.41, 5.74) is 0. The molecule has 0 N–H and O–H groups in total. The number of hydrogen-bond donors (Lipinski definition) is 0. The van der Waals surface area contributed by atoms with E-state index in [9.17, 15) is 4.79 Å². The molecular weight excluding hydrogens is 136 g/mol. The minimum Gasteiger partial charge on any atom is -0.299 e. The third-order valence-electron chi connectivity index (χ3n) is 2.93. The second-order valence-corrected chi connectivity index (χ2v) is 4.01. The van der Waals surface area contributed by atoms with Gasteiger partial charge in [0.05, 0.1) is 0 Å². The van der Waals surface area contributed by atoms with Gasteiger partial charge in [-0.1, -0.05) is 34.1 Å². The molecule has 0 aromatic heterocycles. The van der Waals surface area contributed by atoms with Gasteiger partial charge in [0, 0.05) is 11.8 Å². The SMILES string of the molecule is CCC1C(C)C1C(=O)C(C)C. The average molecular weight is 154 g/mol. The minimum atomic E-state index is 0.235. The van der Waals surface area contributed by atoms with Crippen LogP contribution in [0.5, 0.6) is 0 Å². The lowest BCUT2D eigenvalue weighted by Gasteiger charge is -2.01. The van der Waals surface area contributed by atoms with Gasteiger partial charge in [-0.3, -0.25) is 4.79 Å². The molecule has 0 aliphatic heterocycles. The normalized spacial score (nSPS) is 35.9.